The first-order valence-corrected chi connectivity index (χ1v) is 6.85. The average molecular weight is 300 g/mol. The maximum Gasteiger partial charge on any atom is 0.162 e. The maximum atomic E-state index is 11.5. The van der Waals surface area contributed by atoms with Crippen LogP contribution in [0, 0.1) is 0 Å². The quantitative estimate of drug-likeness (QED) is 0.756. The minimum atomic E-state index is 0. The Kier molecular flexibility index (Phi) is 7.59. The molecule has 1 saturated heterocycles. The molecule has 1 aromatic rings. The molecule has 1 heterocycles. The smallest absolute Gasteiger partial charge is 0.162 e. The molecule has 2 rings (SSSR count). The molecule has 0 unspecified atom stereocenters. The average Bonchev–Trinajstić information content (AvgIpc) is 2.48. The topological polar surface area (TPSA) is 38.8 Å². The molecule has 0 spiro atoms. The maximum absolute atomic E-state index is 11.5. The van der Waals surface area contributed by atoms with E-state index in [1.165, 1.54) is 0 Å². The number of hydrogen-bond donors (Lipinski definition) is 0. The van der Waals surface area contributed by atoms with Gasteiger partial charge in [0, 0.05) is 31.6 Å². The normalized spacial score (nSPS) is 15.4. The number of rotatable bonds is 6. The molecular formula is C15H22ClNO3. The van der Waals surface area contributed by atoms with Crippen molar-refractivity contribution in [3.8, 4) is 5.75 Å². The summed E-state index contributed by atoms with van der Waals surface area (Å²) in [5.74, 6) is 0.987. The zero-order chi connectivity index (χ0) is 13.5. The summed E-state index contributed by atoms with van der Waals surface area (Å²) in [4.78, 5) is 13.8. The van der Waals surface area contributed by atoms with Gasteiger partial charge in [-0.05, 0) is 24.3 Å². The van der Waals surface area contributed by atoms with Gasteiger partial charge in [-0.25, -0.2) is 0 Å². The second-order valence-corrected chi connectivity index (χ2v) is 4.60. The summed E-state index contributed by atoms with van der Waals surface area (Å²) in [7, 11) is 0. The molecule has 1 aliphatic heterocycles. The number of nitrogens with zero attached hydrogens (tertiary/aromatic N) is 1. The SMILES string of the molecule is CCC(=O)c1ccc(OCCN2CCOCC2)cc1.Cl. The van der Waals surface area contributed by atoms with Crippen molar-refractivity contribution in [2.75, 3.05) is 39.5 Å². The molecule has 0 atom stereocenters. The number of carbonyl (C=O) groups is 1. The van der Waals surface area contributed by atoms with Crippen LogP contribution < -0.4 is 4.74 Å². The summed E-state index contributed by atoms with van der Waals surface area (Å²) in [5, 5.41) is 0. The molecule has 0 N–H and O–H groups in total. The number of halogens is 1. The van der Waals surface area contributed by atoms with E-state index >= 15 is 0 Å². The van der Waals surface area contributed by atoms with Gasteiger partial charge < -0.3 is 9.47 Å². The Bertz CT molecular complexity index is 402. The number of carbonyl (C=O) groups excluding carboxylic acids is 1. The highest BCUT2D eigenvalue weighted by Gasteiger charge is 2.09. The van der Waals surface area contributed by atoms with Crippen molar-refractivity contribution in [2.45, 2.75) is 13.3 Å². The van der Waals surface area contributed by atoms with Gasteiger partial charge in [0.05, 0.1) is 13.2 Å². The lowest BCUT2D eigenvalue weighted by Crippen LogP contribution is -2.38. The van der Waals surface area contributed by atoms with E-state index in [1.54, 1.807) is 0 Å². The van der Waals surface area contributed by atoms with Gasteiger partial charge in [0.25, 0.3) is 0 Å². The van der Waals surface area contributed by atoms with Gasteiger partial charge in [0.2, 0.25) is 0 Å². The van der Waals surface area contributed by atoms with E-state index < -0.39 is 0 Å². The van der Waals surface area contributed by atoms with Gasteiger partial charge in [-0.15, -0.1) is 12.4 Å². The Hall–Kier alpha value is -1.10. The van der Waals surface area contributed by atoms with Crippen LogP contribution in [0.5, 0.6) is 5.75 Å². The van der Waals surface area contributed by atoms with Crippen molar-refractivity contribution in [3.63, 3.8) is 0 Å². The van der Waals surface area contributed by atoms with Crippen LogP contribution in [-0.4, -0.2) is 50.1 Å². The van der Waals surface area contributed by atoms with Crippen molar-refractivity contribution in [1.82, 2.24) is 4.90 Å². The Balaban J connectivity index is 0.00000200. The van der Waals surface area contributed by atoms with Gasteiger partial charge in [0.15, 0.2) is 5.78 Å². The molecule has 112 valence electrons. The third-order valence-corrected chi connectivity index (χ3v) is 3.28. The third kappa shape index (κ3) is 5.12. The molecule has 1 fully saturated rings. The molecule has 0 bridgehead atoms. The molecule has 0 radical (unpaired) electrons. The molecule has 1 aromatic carbocycles. The fourth-order valence-corrected chi connectivity index (χ4v) is 2.06. The minimum absolute atomic E-state index is 0. The van der Waals surface area contributed by atoms with Gasteiger partial charge >= 0.3 is 0 Å². The zero-order valence-electron chi connectivity index (χ0n) is 11.8. The van der Waals surface area contributed by atoms with Crippen molar-refractivity contribution in [1.29, 1.82) is 0 Å². The zero-order valence-corrected chi connectivity index (χ0v) is 12.7. The number of morpholine rings is 1. The highest BCUT2D eigenvalue weighted by molar-refractivity contribution is 5.95. The first-order valence-electron chi connectivity index (χ1n) is 6.85. The summed E-state index contributed by atoms with van der Waals surface area (Å²) >= 11 is 0. The van der Waals surface area contributed by atoms with E-state index in [2.05, 4.69) is 4.90 Å². The molecule has 0 saturated carbocycles. The molecule has 20 heavy (non-hydrogen) atoms. The van der Waals surface area contributed by atoms with Crippen LogP contribution in [-0.2, 0) is 4.74 Å². The Morgan fingerprint density at radius 2 is 1.90 bits per heavy atom. The van der Waals surface area contributed by atoms with Crippen LogP contribution in [0.25, 0.3) is 0 Å². The van der Waals surface area contributed by atoms with Gasteiger partial charge in [-0.3, -0.25) is 9.69 Å². The number of hydrogen-bond acceptors (Lipinski definition) is 4. The van der Waals surface area contributed by atoms with Crippen molar-refractivity contribution < 1.29 is 14.3 Å². The van der Waals surface area contributed by atoms with Crippen molar-refractivity contribution in [3.05, 3.63) is 29.8 Å². The molecule has 1 aliphatic rings. The Morgan fingerprint density at radius 3 is 2.50 bits per heavy atom. The summed E-state index contributed by atoms with van der Waals surface area (Å²) in [6.07, 6.45) is 0.539. The number of ketones is 1. The summed E-state index contributed by atoms with van der Waals surface area (Å²) in [5.41, 5.74) is 0.753. The van der Waals surface area contributed by atoms with E-state index in [4.69, 9.17) is 9.47 Å². The summed E-state index contributed by atoms with van der Waals surface area (Å²) in [6, 6.07) is 7.39. The standard InChI is InChI=1S/C15H21NO3.ClH/c1-2-15(17)13-3-5-14(6-4-13)19-12-9-16-7-10-18-11-8-16;/h3-6H,2,7-12H2,1H3;1H. The molecular weight excluding hydrogens is 278 g/mol. The van der Waals surface area contributed by atoms with Gasteiger partial charge in [-0.1, -0.05) is 6.92 Å². The predicted octanol–water partition coefficient (Wildman–Crippen LogP) is 2.41. The first kappa shape index (κ1) is 17.0. The first-order chi connectivity index (χ1) is 9.29. The van der Waals surface area contributed by atoms with Crippen LogP contribution in [0.4, 0.5) is 0 Å². The van der Waals surface area contributed by atoms with E-state index in [0.29, 0.717) is 13.0 Å². The molecule has 5 heteroatoms. The highest BCUT2D eigenvalue weighted by atomic mass is 35.5. The minimum Gasteiger partial charge on any atom is -0.492 e. The third-order valence-electron chi connectivity index (χ3n) is 3.28. The fourth-order valence-electron chi connectivity index (χ4n) is 2.06. The Morgan fingerprint density at radius 1 is 1.25 bits per heavy atom. The second-order valence-electron chi connectivity index (χ2n) is 4.60. The van der Waals surface area contributed by atoms with Crippen LogP contribution in [0.2, 0.25) is 0 Å². The fraction of sp³-hybridized carbons (Fsp3) is 0.533. The van der Waals surface area contributed by atoms with E-state index in [-0.39, 0.29) is 18.2 Å². The number of Topliss-reactive ketones (excluding diaryl/α,β-unsaturated/α-hetero) is 1. The van der Waals surface area contributed by atoms with Crippen LogP contribution in [0.1, 0.15) is 23.7 Å². The largest absolute Gasteiger partial charge is 0.492 e. The van der Waals surface area contributed by atoms with Crippen LogP contribution >= 0.6 is 12.4 Å². The van der Waals surface area contributed by atoms with E-state index in [0.717, 1.165) is 44.2 Å². The number of ether oxygens (including phenoxy) is 2. The lowest BCUT2D eigenvalue weighted by Gasteiger charge is -2.26. The van der Waals surface area contributed by atoms with Crippen LogP contribution in [0.15, 0.2) is 24.3 Å². The summed E-state index contributed by atoms with van der Waals surface area (Å²) in [6.45, 7) is 7.04. The molecule has 0 amide bonds. The lowest BCUT2D eigenvalue weighted by atomic mass is 10.1. The predicted molar refractivity (Wildman–Crippen MR) is 81.1 cm³/mol. The number of benzene rings is 1. The Labute approximate surface area is 126 Å². The van der Waals surface area contributed by atoms with E-state index in [9.17, 15) is 4.79 Å². The van der Waals surface area contributed by atoms with Gasteiger partial charge in [0.1, 0.15) is 12.4 Å². The van der Waals surface area contributed by atoms with E-state index in [1.807, 2.05) is 31.2 Å². The highest BCUT2D eigenvalue weighted by Crippen LogP contribution is 2.13. The molecule has 0 aliphatic carbocycles. The van der Waals surface area contributed by atoms with Gasteiger partial charge in [-0.2, -0.15) is 0 Å². The lowest BCUT2D eigenvalue weighted by molar-refractivity contribution is 0.0322. The van der Waals surface area contributed by atoms with Crippen molar-refractivity contribution >= 4 is 18.2 Å². The van der Waals surface area contributed by atoms with Crippen molar-refractivity contribution in [2.24, 2.45) is 0 Å². The molecule has 4 nitrogen and oxygen atoms in total. The monoisotopic (exact) mass is 299 g/mol. The summed E-state index contributed by atoms with van der Waals surface area (Å²) < 4.78 is 11.0. The van der Waals surface area contributed by atoms with Crippen LogP contribution in [0.3, 0.4) is 0 Å². The molecule has 0 aromatic heterocycles. The second kappa shape index (κ2) is 8.95.